The summed E-state index contributed by atoms with van der Waals surface area (Å²) in [5.74, 6) is -3.91. The maximum Gasteiger partial charge on any atom is 0.335 e. The van der Waals surface area contributed by atoms with Crippen LogP contribution in [0.5, 0.6) is 0 Å². The Kier molecular flexibility index (Phi) is 7.19. The van der Waals surface area contributed by atoms with Gasteiger partial charge < -0.3 is 5.32 Å². The van der Waals surface area contributed by atoms with E-state index in [2.05, 4.69) is 21.2 Å². The maximum absolute atomic E-state index is 12.8. The molecule has 0 radical (unpaired) electrons. The number of anilines is 2. The van der Waals surface area contributed by atoms with Crippen LogP contribution in [-0.2, 0) is 9.59 Å². The first-order chi connectivity index (χ1) is 17.7. The van der Waals surface area contributed by atoms with Gasteiger partial charge in [0, 0.05) is 23.0 Å². The van der Waals surface area contributed by atoms with Crippen molar-refractivity contribution in [2.75, 3.05) is 10.2 Å². The molecule has 3 N–H and O–H groups in total. The van der Waals surface area contributed by atoms with E-state index >= 15 is 0 Å². The molecule has 1 heterocycles. The zero-order valence-electron chi connectivity index (χ0n) is 20.0. The summed E-state index contributed by atoms with van der Waals surface area (Å²) < 4.78 is 0. The van der Waals surface area contributed by atoms with E-state index in [-0.39, 0.29) is 11.5 Å². The summed E-state index contributed by atoms with van der Waals surface area (Å²) in [4.78, 5) is 63.0. The highest BCUT2D eigenvalue weighted by Crippen LogP contribution is 2.20. The highest BCUT2D eigenvalue weighted by atomic mass is 16.2. The van der Waals surface area contributed by atoms with E-state index in [0.29, 0.717) is 16.9 Å². The molecule has 0 saturated carbocycles. The van der Waals surface area contributed by atoms with Crippen molar-refractivity contribution < 1.29 is 24.0 Å². The molecule has 37 heavy (non-hydrogen) atoms. The maximum atomic E-state index is 12.8. The Bertz CT molecular complexity index is 1410. The van der Waals surface area contributed by atoms with E-state index in [1.165, 1.54) is 12.1 Å². The van der Waals surface area contributed by atoms with E-state index in [1.54, 1.807) is 54.6 Å². The van der Waals surface area contributed by atoms with E-state index in [0.717, 1.165) is 22.2 Å². The summed E-state index contributed by atoms with van der Waals surface area (Å²) in [6.45, 7) is 3.75. The molecular formula is C27H23N5O5. The van der Waals surface area contributed by atoms with Crippen molar-refractivity contribution in [3.63, 3.8) is 0 Å². The lowest BCUT2D eigenvalue weighted by atomic mass is 10.1. The molecule has 6 amide bonds. The molecule has 1 aliphatic heterocycles. The van der Waals surface area contributed by atoms with Gasteiger partial charge in [-0.05, 0) is 62.4 Å². The smallest absolute Gasteiger partial charge is 0.322 e. The van der Waals surface area contributed by atoms with Gasteiger partial charge in [0.25, 0.3) is 17.7 Å². The number of nitrogens with one attached hydrogen (secondary N) is 3. The number of imide groups is 2. The van der Waals surface area contributed by atoms with Gasteiger partial charge in [-0.25, -0.2) is 15.1 Å². The third kappa shape index (κ3) is 5.76. The molecule has 1 saturated heterocycles. The molecule has 4 rings (SSSR count). The highest BCUT2D eigenvalue weighted by molar-refractivity contribution is 6.32. The fourth-order valence-corrected chi connectivity index (χ4v) is 3.59. The first-order valence-electron chi connectivity index (χ1n) is 11.3. The summed E-state index contributed by atoms with van der Waals surface area (Å²) in [5, 5.41) is 8.62. The number of rotatable bonds is 6. The van der Waals surface area contributed by atoms with Gasteiger partial charge >= 0.3 is 6.03 Å². The van der Waals surface area contributed by atoms with E-state index in [4.69, 9.17) is 0 Å². The number of hydrazone groups is 1. The molecule has 186 valence electrons. The van der Waals surface area contributed by atoms with Crippen molar-refractivity contribution in [1.29, 1.82) is 0 Å². The second-order valence-corrected chi connectivity index (χ2v) is 8.40. The second-order valence-electron chi connectivity index (χ2n) is 8.40. The topological polar surface area (TPSA) is 137 Å². The fraction of sp³-hybridized carbons (Fsp3) is 0.111. The summed E-state index contributed by atoms with van der Waals surface area (Å²) in [6.07, 6.45) is 0.972. The normalized spacial score (nSPS) is 15.5. The number of urea groups is 1. The van der Waals surface area contributed by atoms with Gasteiger partial charge in [-0.3, -0.25) is 24.5 Å². The minimum Gasteiger partial charge on any atom is -0.322 e. The Labute approximate surface area is 212 Å². The molecule has 0 unspecified atom stereocenters. The number of benzene rings is 3. The molecule has 10 heteroatoms. The molecule has 0 spiro atoms. The van der Waals surface area contributed by atoms with Gasteiger partial charge in [0.15, 0.2) is 5.92 Å². The van der Waals surface area contributed by atoms with Gasteiger partial charge in [0.05, 0.1) is 5.69 Å². The number of nitrogens with zero attached hydrogens (tertiary/aromatic N) is 2. The van der Waals surface area contributed by atoms with Crippen LogP contribution in [0.15, 0.2) is 77.9 Å². The minimum atomic E-state index is -1.40. The molecule has 0 aromatic heterocycles. The van der Waals surface area contributed by atoms with Crippen LogP contribution in [-0.4, -0.2) is 35.9 Å². The first kappa shape index (κ1) is 25.0. The van der Waals surface area contributed by atoms with Crippen molar-refractivity contribution in [3.05, 3.63) is 95.1 Å². The summed E-state index contributed by atoms with van der Waals surface area (Å²) in [6, 6.07) is 19.1. The molecule has 10 nitrogen and oxygen atoms in total. The van der Waals surface area contributed by atoms with Gasteiger partial charge in [0.1, 0.15) is 0 Å². The van der Waals surface area contributed by atoms with Crippen LogP contribution in [0.2, 0.25) is 0 Å². The monoisotopic (exact) mass is 497 g/mol. The largest absolute Gasteiger partial charge is 0.335 e. The number of barbiturate groups is 1. The lowest BCUT2D eigenvalue weighted by Gasteiger charge is -2.28. The molecule has 1 atom stereocenters. The van der Waals surface area contributed by atoms with Crippen molar-refractivity contribution in [2.24, 2.45) is 11.0 Å². The lowest BCUT2D eigenvalue weighted by molar-refractivity contribution is -0.131. The molecule has 3 aromatic carbocycles. The van der Waals surface area contributed by atoms with Crippen LogP contribution in [0.1, 0.15) is 31.8 Å². The number of hydrogen-bond acceptors (Lipinski definition) is 6. The van der Waals surface area contributed by atoms with Crippen LogP contribution in [0.4, 0.5) is 16.2 Å². The van der Waals surface area contributed by atoms with Crippen LogP contribution in [0, 0.1) is 19.8 Å². The van der Waals surface area contributed by atoms with Crippen LogP contribution in [0.25, 0.3) is 0 Å². The van der Waals surface area contributed by atoms with Crippen LogP contribution < -0.4 is 21.0 Å². The number of aryl methyl sites for hydroxylation is 2. The lowest BCUT2D eigenvalue weighted by Crippen LogP contribution is -2.58. The SMILES string of the molecule is Cc1ccc(N2C(=O)NC(=O)[C@@H](/C=N\NC(=O)c3ccc(NC(=O)c4cccc(C)c4)cc3)C2=O)cc1. The predicted octanol–water partition coefficient (Wildman–Crippen LogP) is 3.17. The van der Waals surface area contributed by atoms with E-state index < -0.39 is 29.7 Å². The van der Waals surface area contributed by atoms with Crippen molar-refractivity contribution >= 4 is 47.2 Å². The van der Waals surface area contributed by atoms with Crippen molar-refractivity contribution in [1.82, 2.24) is 10.7 Å². The third-order valence-electron chi connectivity index (χ3n) is 5.57. The standard InChI is InChI=1S/C27H23N5O5/c1-16-6-12-21(13-7-16)32-26(36)22(25(35)30-27(32)37)15-28-31-24(34)18-8-10-20(11-9-18)29-23(33)19-5-3-4-17(2)14-19/h3-15,22H,1-2H3,(H,29,33)(H,31,34)(H,30,35,37)/b28-15-/t22-/m1/s1. The van der Waals surface area contributed by atoms with E-state index in [9.17, 15) is 24.0 Å². The summed E-state index contributed by atoms with van der Waals surface area (Å²) in [5.41, 5.74) is 5.71. The van der Waals surface area contributed by atoms with E-state index in [1.807, 2.05) is 19.9 Å². The predicted molar refractivity (Wildman–Crippen MR) is 137 cm³/mol. The van der Waals surface area contributed by atoms with Crippen LogP contribution in [0.3, 0.4) is 0 Å². The Morgan fingerprint density at radius 2 is 1.57 bits per heavy atom. The zero-order chi connectivity index (χ0) is 26.5. The summed E-state index contributed by atoms with van der Waals surface area (Å²) in [7, 11) is 0. The van der Waals surface area contributed by atoms with Gasteiger partial charge in [-0.15, -0.1) is 0 Å². The summed E-state index contributed by atoms with van der Waals surface area (Å²) >= 11 is 0. The fourth-order valence-electron chi connectivity index (χ4n) is 3.59. The minimum absolute atomic E-state index is 0.238. The van der Waals surface area contributed by atoms with Gasteiger partial charge in [-0.1, -0.05) is 35.4 Å². The molecule has 1 aliphatic rings. The number of hydrogen-bond donors (Lipinski definition) is 3. The first-order valence-corrected chi connectivity index (χ1v) is 11.3. The van der Waals surface area contributed by atoms with Crippen molar-refractivity contribution in [2.45, 2.75) is 13.8 Å². The molecule has 1 fully saturated rings. The molecular weight excluding hydrogens is 474 g/mol. The van der Waals surface area contributed by atoms with Crippen molar-refractivity contribution in [3.8, 4) is 0 Å². The molecule has 0 aliphatic carbocycles. The zero-order valence-corrected chi connectivity index (χ0v) is 20.0. The number of carbonyl (C=O) groups excluding carboxylic acids is 5. The van der Waals surface area contributed by atoms with Gasteiger partial charge in [0.2, 0.25) is 5.91 Å². The molecule has 0 bridgehead atoms. The third-order valence-corrected chi connectivity index (χ3v) is 5.57. The Hall–Kier alpha value is -5.12. The second kappa shape index (κ2) is 10.6. The average molecular weight is 498 g/mol. The Balaban J connectivity index is 1.38. The number of carbonyl (C=O) groups is 5. The van der Waals surface area contributed by atoms with Gasteiger partial charge in [-0.2, -0.15) is 5.10 Å². The Morgan fingerprint density at radius 1 is 0.865 bits per heavy atom. The average Bonchev–Trinajstić information content (AvgIpc) is 2.87. The highest BCUT2D eigenvalue weighted by Gasteiger charge is 2.40. The quantitative estimate of drug-likeness (QED) is 0.273. The molecule has 3 aromatic rings. The van der Waals surface area contributed by atoms with Crippen LogP contribution >= 0.6 is 0 Å². The Morgan fingerprint density at radius 3 is 2.24 bits per heavy atom. The number of amides is 6.